The van der Waals surface area contributed by atoms with Crippen LogP contribution in [0, 0.1) is 0 Å². The van der Waals surface area contributed by atoms with E-state index in [0.717, 1.165) is 22.4 Å². The lowest BCUT2D eigenvalue weighted by atomic mass is 10.0. The van der Waals surface area contributed by atoms with Crippen molar-refractivity contribution in [2.45, 2.75) is 38.8 Å². The molecule has 1 saturated heterocycles. The summed E-state index contributed by atoms with van der Waals surface area (Å²) in [5.41, 5.74) is 3.95. The van der Waals surface area contributed by atoms with Gasteiger partial charge in [0.2, 0.25) is 11.8 Å². The molecule has 2 aliphatic rings. The lowest BCUT2D eigenvalue weighted by molar-refractivity contribution is -0.136. The summed E-state index contributed by atoms with van der Waals surface area (Å²) in [4.78, 5) is 42.9. The third-order valence-electron chi connectivity index (χ3n) is 5.81. The van der Waals surface area contributed by atoms with E-state index < -0.39 is 11.9 Å². The summed E-state index contributed by atoms with van der Waals surface area (Å²) in [5.74, 6) is 0.458. The molecule has 3 heterocycles. The number of rotatable bonds is 4. The first kappa shape index (κ1) is 19.2. The van der Waals surface area contributed by atoms with Crippen LogP contribution in [0.2, 0.25) is 0 Å². The van der Waals surface area contributed by atoms with Gasteiger partial charge in [0, 0.05) is 36.1 Å². The number of carbonyl (C=O) groups excluding carboxylic acids is 3. The van der Waals surface area contributed by atoms with Crippen LogP contribution in [0.3, 0.4) is 0 Å². The van der Waals surface area contributed by atoms with E-state index in [4.69, 9.17) is 4.42 Å². The van der Waals surface area contributed by atoms with Gasteiger partial charge in [-0.2, -0.15) is 0 Å². The SMILES string of the molecule is CCc1nc(-c2ccc3c(c2)CN(C2CCC(=O)NC2=O)C3=O)c(-c2ccccc2)o1. The molecule has 31 heavy (non-hydrogen) atoms. The predicted octanol–water partition coefficient (Wildman–Crippen LogP) is 3.33. The van der Waals surface area contributed by atoms with Gasteiger partial charge in [0.25, 0.3) is 5.91 Å². The minimum absolute atomic E-state index is 0.186. The van der Waals surface area contributed by atoms with Gasteiger partial charge in [-0.3, -0.25) is 19.7 Å². The van der Waals surface area contributed by atoms with Crippen molar-refractivity contribution >= 4 is 17.7 Å². The normalized spacial score (nSPS) is 18.3. The Morgan fingerprint density at radius 1 is 1.10 bits per heavy atom. The fraction of sp³-hybridized carbons (Fsp3) is 0.250. The van der Waals surface area contributed by atoms with Crippen LogP contribution in [-0.2, 0) is 22.6 Å². The first-order valence-corrected chi connectivity index (χ1v) is 10.4. The van der Waals surface area contributed by atoms with E-state index >= 15 is 0 Å². The largest absolute Gasteiger partial charge is 0.440 e. The number of imide groups is 1. The number of hydrogen-bond donors (Lipinski definition) is 1. The highest BCUT2D eigenvalue weighted by atomic mass is 16.4. The van der Waals surface area contributed by atoms with Gasteiger partial charge < -0.3 is 9.32 Å². The van der Waals surface area contributed by atoms with Gasteiger partial charge in [-0.25, -0.2) is 4.98 Å². The molecule has 1 unspecified atom stereocenters. The minimum atomic E-state index is -0.625. The predicted molar refractivity (Wildman–Crippen MR) is 113 cm³/mol. The molecule has 3 amide bonds. The van der Waals surface area contributed by atoms with E-state index in [1.54, 1.807) is 11.0 Å². The maximum atomic E-state index is 12.9. The van der Waals surface area contributed by atoms with Crippen molar-refractivity contribution in [3.8, 4) is 22.6 Å². The Balaban J connectivity index is 1.50. The average Bonchev–Trinajstić information content (AvgIpc) is 3.36. The monoisotopic (exact) mass is 415 g/mol. The van der Waals surface area contributed by atoms with Gasteiger partial charge in [0.15, 0.2) is 11.7 Å². The van der Waals surface area contributed by atoms with E-state index in [1.165, 1.54) is 0 Å². The second kappa shape index (κ2) is 7.50. The molecule has 2 aromatic carbocycles. The van der Waals surface area contributed by atoms with Crippen molar-refractivity contribution in [2.24, 2.45) is 0 Å². The van der Waals surface area contributed by atoms with Crippen LogP contribution in [0.4, 0.5) is 0 Å². The van der Waals surface area contributed by atoms with E-state index in [2.05, 4.69) is 10.3 Å². The summed E-state index contributed by atoms with van der Waals surface area (Å²) < 4.78 is 6.01. The van der Waals surface area contributed by atoms with Gasteiger partial charge in [-0.1, -0.05) is 43.3 Å². The van der Waals surface area contributed by atoms with Gasteiger partial charge in [-0.15, -0.1) is 0 Å². The number of benzene rings is 2. The molecule has 156 valence electrons. The minimum Gasteiger partial charge on any atom is -0.440 e. The molecule has 3 aromatic rings. The molecule has 0 bridgehead atoms. The Bertz CT molecular complexity index is 1200. The molecule has 0 radical (unpaired) electrons. The lowest BCUT2D eigenvalue weighted by Crippen LogP contribution is -2.52. The zero-order chi connectivity index (χ0) is 21.5. The van der Waals surface area contributed by atoms with Crippen LogP contribution in [0.1, 0.15) is 41.6 Å². The van der Waals surface area contributed by atoms with Crippen molar-refractivity contribution in [2.75, 3.05) is 0 Å². The zero-order valence-electron chi connectivity index (χ0n) is 17.1. The van der Waals surface area contributed by atoms with E-state index in [1.807, 2.05) is 49.4 Å². The molecule has 1 aromatic heterocycles. The first-order chi connectivity index (χ1) is 15.0. The molecule has 0 aliphatic carbocycles. The smallest absolute Gasteiger partial charge is 0.255 e. The Morgan fingerprint density at radius 3 is 2.65 bits per heavy atom. The van der Waals surface area contributed by atoms with E-state index in [0.29, 0.717) is 36.6 Å². The molecule has 0 spiro atoms. The van der Waals surface area contributed by atoms with Gasteiger partial charge in [0.05, 0.1) is 0 Å². The number of piperidine rings is 1. The molecule has 0 saturated carbocycles. The zero-order valence-corrected chi connectivity index (χ0v) is 17.1. The molecule has 7 nitrogen and oxygen atoms in total. The van der Waals surface area contributed by atoms with Crippen LogP contribution >= 0.6 is 0 Å². The third-order valence-corrected chi connectivity index (χ3v) is 5.81. The van der Waals surface area contributed by atoms with Crippen LogP contribution in [0.5, 0.6) is 0 Å². The summed E-state index contributed by atoms with van der Waals surface area (Å²) in [6, 6.07) is 14.8. The van der Waals surface area contributed by atoms with Gasteiger partial charge in [0.1, 0.15) is 11.7 Å². The number of nitrogens with one attached hydrogen (secondary N) is 1. The fourth-order valence-corrected chi connectivity index (χ4v) is 4.22. The Hall–Kier alpha value is -3.74. The molecule has 1 N–H and O–H groups in total. The molecule has 1 atom stereocenters. The topological polar surface area (TPSA) is 92.5 Å². The van der Waals surface area contributed by atoms with E-state index in [9.17, 15) is 14.4 Å². The number of oxazole rings is 1. The highest BCUT2D eigenvalue weighted by molar-refractivity contribution is 6.05. The molecule has 5 rings (SSSR count). The van der Waals surface area contributed by atoms with Crippen molar-refractivity contribution in [3.05, 3.63) is 65.5 Å². The van der Waals surface area contributed by atoms with Gasteiger partial charge in [-0.05, 0) is 24.1 Å². The Morgan fingerprint density at radius 2 is 1.90 bits per heavy atom. The number of carbonyl (C=O) groups is 3. The highest BCUT2D eigenvalue weighted by Crippen LogP contribution is 2.36. The molecular formula is C24H21N3O4. The number of amides is 3. The van der Waals surface area contributed by atoms with Crippen molar-refractivity contribution in [1.29, 1.82) is 0 Å². The fourth-order valence-electron chi connectivity index (χ4n) is 4.22. The maximum Gasteiger partial charge on any atom is 0.255 e. The standard InChI is InChI=1S/C24H21N3O4/c1-2-20-26-21(22(31-20)14-6-4-3-5-7-14)15-8-9-17-16(12-15)13-27(24(17)30)18-10-11-19(28)25-23(18)29/h3-9,12,18H,2,10-11,13H2,1H3,(H,25,28,29). The van der Waals surface area contributed by atoms with Gasteiger partial charge >= 0.3 is 0 Å². The number of aryl methyl sites for hydroxylation is 1. The summed E-state index contributed by atoms with van der Waals surface area (Å²) >= 11 is 0. The van der Waals surface area contributed by atoms with Crippen LogP contribution in [-0.4, -0.2) is 33.6 Å². The summed E-state index contributed by atoms with van der Waals surface area (Å²) in [7, 11) is 0. The number of nitrogens with zero attached hydrogens (tertiary/aromatic N) is 2. The Labute approximate surface area is 179 Å². The van der Waals surface area contributed by atoms with Crippen LogP contribution < -0.4 is 5.32 Å². The second-order valence-electron chi connectivity index (χ2n) is 7.78. The maximum absolute atomic E-state index is 12.9. The molecular weight excluding hydrogens is 394 g/mol. The quantitative estimate of drug-likeness (QED) is 0.660. The highest BCUT2D eigenvalue weighted by Gasteiger charge is 2.39. The molecule has 2 aliphatic heterocycles. The van der Waals surface area contributed by atoms with E-state index in [-0.39, 0.29) is 18.2 Å². The number of aromatic nitrogens is 1. The van der Waals surface area contributed by atoms with Crippen molar-refractivity contribution < 1.29 is 18.8 Å². The Kier molecular flexibility index (Phi) is 4.66. The molecule has 7 heteroatoms. The molecule has 1 fully saturated rings. The summed E-state index contributed by atoms with van der Waals surface area (Å²) in [6.45, 7) is 2.32. The lowest BCUT2D eigenvalue weighted by Gasteiger charge is -2.29. The first-order valence-electron chi connectivity index (χ1n) is 10.4. The third kappa shape index (κ3) is 3.32. The number of fused-ring (bicyclic) bond motifs is 1. The second-order valence-corrected chi connectivity index (χ2v) is 7.78. The van der Waals surface area contributed by atoms with Crippen molar-refractivity contribution in [3.63, 3.8) is 0 Å². The summed E-state index contributed by atoms with van der Waals surface area (Å²) in [5, 5.41) is 2.33. The number of hydrogen-bond acceptors (Lipinski definition) is 5. The summed E-state index contributed by atoms with van der Waals surface area (Å²) in [6.07, 6.45) is 1.26. The average molecular weight is 415 g/mol. The van der Waals surface area contributed by atoms with Crippen LogP contribution in [0.25, 0.3) is 22.6 Å². The van der Waals surface area contributed by atoms with Crippen LogP contribution in [0.15, 0.2) is 52.9 Å². The van der Waals surface area contributed by atoms with Crippen molar-refractivity contribution in [1.82, 2.24) is 15.2 Å².